The quantitative estimate of drug-likeness (QED) is 0.670. The fourth-order valence-corrected chi connectivity index (χ4v) is 3.52. The van der Waals surface area contributed by atoms with Crippen LogP contribution in [0.3, 0.4) is 0 Å². The van der Waals surface area contributed by atoms with Crippen LogP contribution in [0.5, 0.6) is 17.2 Å². The van der Waals surface area contributed by atoms with Gasteiger partial charge in [0.15, 0.2) is 11.5 Å². The largest absolute Gasteiger partial charge is 0.496 e. The number of hydrogen-bond donors (Lipinski definition) is 1. The van der Waals surface area contributed by atoms with Crippen molar-refractivity contribution in [3.05, 3.63) is 59.3 Å². The second-order valence-electron chi connectivity index (χ2n) is 7.15. The van der Waals surface area contributed by atoms with Gasteiger partial charge in [0.2, 0.25) is 11.8 Å². The lowest BCUT2D eigenvalue weighted by Crippen LogP contribution is -2.33. The topological polar surface area (TPSA) is 77.1 Å². The molecule has 1 aliphatic heterocycles. The van der Waals surface area contributed by atoms with Crippen molar-refractivity contribution in [3.8, 4) is 17.2 Å². The molecule has 0 saturated heterocycles. The van der Waals surface area contributed by atoms with Crippen molar-refractivity contribution in [2.45, 2.75) is 19.3 Å². The summed E-state index contributed by atoms with van der Waals surface area (Å²) in [5.74, 6) is 1.85. The number of rotatable bonds is 9. The number of nitrogens with one attached hydrogen (secondary N) is 1. The Morgan fingerprint density at radius 2 is 1.74 bits per heavy atom. The average molecular weight is 424 g/mol. The van der Waals surface area contributed by atoms with Crippen LogP contribution in [0.15, 0.2) is 42.6 Å². The number of ether oxygens (including phenoxy) is 3. The van der Waals surface area contributed by atoms with E-state index in [0.717, 1.165) is 22.4 Å². The first-order valence-corrected chi connectivity index (χ1v) is 10.2. The lowest BCUT2D eigenvalue weighted by molar-refractivity contribution is -0.128. The molecule has 3 rings (SSSR count). The Morgan fingerprint density at radius 1 is 1.03 bits per heavy atom. The third-order valence-electron chi connectivity index (χ3n) is 5.23. The van der Waals surface area contributed by atoms with E-state index in [1.807, 2.05) is 42.5 Å². The first kappa shape index (κ1) is 22.2. The van der Waals surface area contributed by atoms with Crippen LogP contribution in [-0.4, -0.2) is 51.1 Å². The summed E-state index contributed by atoms with van der Waals surface area (Å²) in [6.07, 6.45) is 4.73. The number of carbonyl (C=O) groups excluding carboxylic acids is 2. The first-order valence-electron chi connectivity index (χ1n) is 10.2. The SMILES string of the molecule is COc1ccccc1CCNC(=O)CCN1C=Cc2cc(OC)c(OC)cc2CC1=O. The van der Waals surface area contributed by atoms with E-state index in [4.69, 9.17) is 14.2 Å². The van der Waals surface area contributed by atoms with Crippen LogP contribution in [0.25, 0.3) is 6.08 Å². The molecule has 1 N–H and O–H groups in total. The van der Waals surface area contributed by atoms with Crippen LogP contribution in [0.4, 0.5) is 0 Å². The smallest absolute Gasteiger partial charge is 0.230 e. The van der Waals surface area contributed by atoms with Crippen molar-refractivity contribution in [2.75, 3.05) is 34.4 Å². The van der Waals surface area contributed by atoms with Gasteiger partial charge in [-0.05, 0) is 47.4 Å². The summed E-state index contributed by atoms with van der Waals surface area (Å²) >= 11 is 0. The highest BCUT2D eigenvalue weighted by molar-refractivity contribution is 5.85. The van der Waals surface area contributed by atoms with Crippen molar-refractivity contribution < 1.29 is 23.8 Å². The molecule has 0 unspecified atom stereocenters. The maximum atomic E-state index is 12.7. The molecule has 1 aliphatic rings. The molecular formula is C24H28N2O5. The molecule has 0 aliphatic carbocycles. The predicted octanol–water partition coefficient (Wildman–Crippen LogP) is 2.82. The molecule has 7 nitrogen and oxygen atoms in total. The molecule has 31 heavy (non-hydrogen) atoms. The molecule has 0 spiro atoms. The molecule has 2 aromatic rings. The van der Waals surface area contributed by atoms with Gasteiger partial charge in [0.25, 0.3) is 0 Å². The van der Waals surface area contributed by atoms with Crippen LogP contribution in [0, 0.1) is 0 Å². The van der Waals surface area contributed by atoms with E-state index in [2.05, 4.69) is 5.32 Å². The van der Waals surface area contributed by atoms with Crippen molar-refractivity contribution in [1.82, 2.24) is 10.2 Å². The Balaban J connectivity index is 1.53. The summed E-state index contributed by atoms with van der Waals surface area (Å²) in [7, 11) is 4.78. The van der Waals surface area contributed by atoms with E-state index < -0.39 is 0 Å². The lowest BCUT2D eigenvalue weighted by atomic mass is 10.0. The molecule has 2 aromatic carbocycles. The van der Waals surface area contributed by atoms with Crippen LogP contribution < -0.4 is 19.5 Å². The van der Waals surface area contributed by atoms with Crippen molar-refractivity contribution in [3.63, 3.8) is 0 Å². The number of benzene rings is 2. The fraction of sp³-hybridized carbons (Fsp3) is 0.333. The van der Waals surface area contributed by atoms with Crippen LogP contribution >= 0.6 is 0 Å². The van der Waals surface area contributed by atoms with Crippen molar-refractivity contribution >= 4 is 17.9 Å². The predicted molar refractivity (Wildman–Crippen MR) is 118 cm³/mol. The third kappa shape index (κ3) is 5.57. The Hall–Kier alpha value is -3.48. The minimum atomic E-state index is -0.0961. The van der Waals surface area contributed by atoms with Gasteiger partial charge in [0.05, 0.1) is 27.8 Å². The molecule has 7 heteroatoms. The van der Waals surface area contributed by atoms with Gasteiger partial charge in [-0.25, -0.2) is 0 Å². The van der Waals surface area contributed by atoms with E-state index in [-0.39, 0.29) is 24.7 Å². The highest BCUT2D eigenvalue weighted by atomic mass is 16.5. The molecule has 0 saturated carbocycles. The number of nitrogens with zero attached hydrogens (tertiary/aromatic N) is 1. The molecule has 2 amide bonds. The summed E-state index contributed by atoms with van der Waals surface area (Å²) in [5, 5.41) is 2.91. The van der Waals surface area contributed by atoms with Gasteiger partial charge >= 0.3 is 0 Å². The van der Waals surface area contributed by atoms with Crippen LogP contribution in [0.1, 0.15) is 23.1 Å². The van der Waals surface area contributed by atoms with Gasteiger partial charge < -0.3 is 24.4 Å². The zero-order chi connectivity index (χ0) is 22.2. The lowest BCUT2D eigenvalue weighted by Gasteiger charge is -2.17. The van der Waals surface area contributed by atoms with Crippen LogP contribution in [-0.2, 0) is 22.4 Å². The Labute approximate surface area is 182 Å². The van der Waals surface area contributed by atoms with E-state index in [1.54, 1.807) is 32.4 Å². The average Bonchev–Trinajstić information content (AvgIpc) is 2.94. The molecule has 0 fully saturated rings. The summed E-state index contributed by atoms with van der Waals surface area (Å²) < 4.78 is 16.0. The van der Waals surface area contributed by atoms with Gasteiger partial charge in [-0.15, -0.1) is 0 Å². The summed E-state index contributed by atoms with van der Waals surface area (Å²) in [4.78, 5) is 26.5. The normalized spacial score (nSPS) is 12.7. The van der Waals surface area contributed by atoms with E-state index in [1.165, 1.54) is 0 Å². The maximum Gasteiger partial charge on any atom is 0.230 e. The molecular weight excluding hydrogens is 396 g/mol. The number of amides is 2. The van der Waals surface area contributed by atoms with Gasteiger partial charge in [-0.3, -0.25) is 9.59 Å². The number of hydrogen-bond acceptors (Lipinski definition) is 5. The molecule has 1 heterocycles. The molecule has 0 aromatic heterocycles. The second kappa shape index (κ2) is 10.5. The second-order valence-corrected chi connectivity index (χ2v) is 7.15. The molecule has 164 valence electrons. The standard InChI is InChI=1S/C24H28N2O5/c1-29-20-7-5-4-6-17(20)8-11-25-23(27)10-13-26-12-9-18-14-21(30-2)22(31-3)15-19(18)16-24(26)28/h4-7,9,12,14-15H,8,10-11,13,16H2,1-3H3,(H,25,27). The number of para-hydroxylation sites is 1. The van der Waals surface area contributed by atoms with Crippen molar-refractivity contribution in [2.24, 2.45) is 0 Å². The minimum absolute atomic E-state index is 0.0657. The van der Waals surface area contributed by atoms with Gasteiger partial charge in [-0.2, -0.15) is 0 Å². The van der Waals surface area contributed by atoms with E-state index in [0.29, 0.717) is 31.0 Å². The Morgan fingerprint density at radius 3 is 2.48 bits per heavy atom. The monoisotopic (exact) mass is 424 g/mol. The van der Waals surface area contributed by atoms with E-state index in [9.17, 15) is 9.59 Å². The van der Waals surface area contributed by atoms with Crippen molar-refractivity contribution in [1.29, 1.82) is 0 Å². The zero-order valence-corrected chi connectivity index (χ0v) is 18.1. The minimum Gasteiger partial charge on any atom is -0.496 e. The van der Waals surface area contributed by atoms with Crippen LogP contribution in [0.2, 0.25) is 0 Å². The summed E-state index contributed by atoms with van der Waals surface area (Å²) in [5.41, 5.74) is 2.80. The Bertz CT molecular complexity index is 970. The van der Waals surface area contributed by atoms with Gasteiger partial charge in [0.1, 0.15) is 5.75 Å². The summed E-state index contributed by atoms with van der Waals surface area (Å²) in [6, 6.07) is 11.4. The summed E-state index contributed by atoms with van der Waals surface area (Å²) in [6.45, 7) is 0.826. The van der Waals surface area contributed by atoms with E-state index >= 15 is 0 Å². The number of methoxy groups -OCH3 is 3. The number of fused-ring (bicyclic) bond motifs is 1. The number of carbonyl (C=O) groups is 2. The third-order valence-corrected chi connectivity index (χ3v) is 5.23. The van der Waals surface area contributed by atoms with Gasteiger partial charge in [-0.1, -0.05) is 18.2 Å². The first-order chi connectivity index (χ1) is 15.0. The molecule has 0 radical (unpaired) electrons. The highest BCUT2D eigenvalue weighted by Gasteiger charge is 2.20. The molecule has 0 bridgehead atoms. The fourth-order valence-electron chi connectivity index (χ4n) is 3.52. The maximum absolute atomic E-state index is 12.7. The molecule has 0 atom stereocenters. The Kier molecular flexibility index (Phi) is 7.54. The van der Waals surface area contributed by atoms with Gasteiger partial charge in [0, 0.05) is 25.7 Å². The zero-order valence-electron chi connectivity index (χ0n) is 18.1. The highest BCUT2D eigenvalue weighted by Crippen LogP contribution is 2.32.